The summed E-state index contributed by atoms with van der Waals surface area (Å²) in [6, 6.07) is 25.0. The first-order valence-corrected chi connectivity index (χ1v) is 12.0. The lowest BCUT2D eigenvalue weighted by Crippen LogP contribution is -2.10. The van der Waals surface area contributed by atoms with Gasteiger partial charge in [0.05, 0.1) is 23.9 Å². The van der Waals surface area contributed by atoms with Crippen molar-refractivity contribution in [2.45, 2.75) is 19.4 Å². The van der Waals surface area contributed by atoms with Gasteiger partial charge in [0.25, 0.3) is 5.89 Å². The van der Waals surface area contributed by atoms with Crippen LogP contribution in [0.4, 0.5) is 0 Å². The maximum atomic E-state index is 13.4. The summed E-state index contributed by atoms with van der Waals surface area (Å²) in [4.78, 5) is 18.4. The van der Waals surface area contributed by atoms with E-state index in [1.807, 2.05) is 78.9 Å². The standard InChI is InChI=1S/C30H23N3O4/c1-35-22-14-11-19(12-15-22)17-21-13-16-24-27(23-9-5-6-10-25(23)31-28(21)24)30(34)36-18-26-32-33-29(37-26)20-7-3-2-4-8-20/h2-12,14-15,17H,13,16,18H2,1H3/b21-17+. The molecule has 1 aliphatic rings. The molecule has 182 valence electrons. The summed E-state index contributed by atoms with van der Waals surface area (Å²) in [7, 11) is 1.65. The molecule has 0 amide bonds. The quantitative estimate of drug-likeness (QED) is 0.265. The lowest BCUT2D eigenvalue weighted by Gasteiger charge is -2.12. The number of aromatic nitrogens is 3. The number of fused-ring (bicyclic) bond motifs is 2. The second kappa shape index (κ2) is 9.70. The fraction of sp³-hybridized carbons (Fsp3) is 0.133. The number of pyridine rings is 1. The van der Waals surface area contributed by atoms with Gasteiger partial charge in [-0.1, -0.05) is 48.5 Å². The molecule has 2 heterocycles. The van der Waals surface area contributed by atoms with E-state index in [1.54, 1.807) is 7.11 Å². The number of para-hydroxylation sites is 1. The molecule has 0 aliphatic heterocycles. The Morgan fingerprint density at radius 3 is 2.54 bits per heavy atom. The highest BCUT2D eigenvalue weighted by Gasteiger charge is 2.28. The van der Waals surface area contributed by atoms with Crippen molar-refractivity contribution < 1.29 is 18.7 Å². The molecule has 7 heteroatoms. The predicted octanol–water partition coefficient (Wildman–Crippen LogP) is 6.14. The maximum Gasteiger partial charge on any atom is 0.339 e. The normalized spacial score (nSPS) is 13.6. The van der Waals surface area contributed by atoms with Crippen molar-refractivity contribution in [1.82, 2.24) is 15.2 Å². The van der Waals surface area contributed by atoms with Crippen LogP contribution in [0.2, 0.25) is 0 Å². The summed E-state index contributed by atoms with van der Waals surface area (Å²) in [5.41, 5.74) is 5.98. The highest BCUT2D eigenvalue weighted by molar-refractivity contribution is 6.07. The molecule has 0 fully saturated rings. The minimum absolute atomic E-state index is 0.112. The first-order chi connectivity index (χ1) is 18.2. The van der Waals surface area contributed by atoms with Crippen molar-refractivity contribution in [3.05, 3.63) is 107 Å². The molecule has 0 saturated carbocycles. The zero-order valence-corrected chi connectivity index (χ0v) is 20.2. The van der Waals surface area contributed by atoms with E-state index >= 15 is 0 Å². The maximum absolute atomic E-state index is 13.4. The number of carbonyl (C=O) groups is 1. The summed E-state index contributed by atoms with van der Waals surface area (Å²) in [5, 5.41) is 8.88. The second-order valence-electron chi connectivity index (χ2n) is 8.72. The summed E-state index contributed by atoms with van der Waals surface area (Å²) in [5.74, 6) is 0.998. The van der Waals surface area contributed by atoms with Gasteiger partial charge < -0.3 is 13.9 Å². The summed E-state index contributed by atoms with van der Waals surface area (Å²) < 4.78 is 16.7. The van der Waals surface area contributed by atoms with E-state index in [2.05, 4.69) is 16.3 Å². The molecule has 0 N–H and O–H groups in total. The third-order valence-corrected chi connectivity index (χ3v) is 6.42. The smallest absolute Gasteiger partial charge is 0.339 e. The van der Waals surface area contributed by atoms with Gasteiger partial charge in [0, 0.05) is 10.9 Å². The molecular weight excluding hydrogens is 466 g/mol. The van der Waals surface area contributed by atoms with Gasteiger partial charge in [-0.3, -0.25) is 0 Å². The zero-order valence-electron chi connectivity index (χ0n) is 20.2. The molecule has 37 heavy (non-hydrogen) atoms. The number of rotatable bonds is 6. The number of esters is 1. The number of ether oxygens (including phenoxy) is 2. The lowest BCUT2D eigenvalue weighted by atomic mass is 10.0. The number of benzene rings is 3. The Balaban J connectivity index is 1.30. The first-order valence-electron chi connectivity index (χ1n) is 12.0. The topological polar surface area (TPSA) is 87.3 Å². The molecule has 0 atom stereocenters. The average molecular weight is 490 g/mol. The molecule has 0 spiro atoms. The zero-order chi connectivity index (χ0) is 25.2. The summed E-state index contributed by atoms with van der Waals surface area (Å²) in [6.45, 7) is -0.112. The minimum atomic E-state index is -0.431. The molecule has 3 aromatic carbocycles. The van der Waals surface area contributed by atoms with Gasteiger partial charge >= 0.3 is 5.97 Å². The number of methoxy groups -OCH3 is 1. The Kier molecular flexibility index (Phi) is 5.94. The Labute approximate surface area is 213 Å². The molecule has 6 rings (SSSR count). The van der Waals surface area contributed by atoms with Crippen LogP contribution in [0.15, 0.2) is 83.3 Å². The van der Waals surface area contributed by atoms with Gasteiger partial charge in [-0.2, -0.15) is 0 Å². The van der Waals surface area contributed by atoms with Crippen molar-refractivity contribution in [2.24, 2.45) is 0 Å². The fourth-order valence-electron chi connectivity index (χ4n) is 4.62. The lowest BCUT2D eigenvalue weighted by molar-refractivity contribution is 0.0440. The summed E-state index contributed by atoms with van der Waals surface area (Å²) >= 11 is 0. The first kappa shape index (κ1) is 22.7. The van der Waals surface area contributed by atoms with Gasteiger partial charge in [0.1, 0.15) is 5.75 Å². The predicted molar refractivity (Wildman–Crippen MR) is 140 cm³/mol. The van der Waals surface area contributed by atoms with Crippen LogP contribution >= 0.6 is 0 Å². The van der Waals surface area contributed by atoms with Crippen LogP contribution in [0.3, 0.4) is 0 Å². The molecule has 0 bridgehead atoms. The van der Waals surface area contributed by atoms with E-state index < -0.39 is 5.97 Å². The van der Waals surface area contributed by atoms with Crippen LogP contribution in [0.5, 0.6) is 5.75 Å². The second-order valence-corrected chi connectivity index (χ2v) is 8.72. The third kappa shape index (κ3) is 4.47. The molecule has 5 aromatic rings. The van der Waals surface area contributed by atoms with Crippen LogP contribution in [0, 0.1) is 0 Å². The molecule has 1 aliphatic carbocycles. The number of carbonyl (C=O) groups excluding carboxylic acids is 1. The third-order valence-electron chi connectivity index (χ3n) is 6.42. The van der Waals surface area contributed by atoms with E-state index in [0.29, 0.717) is 17.9 Å². The molecule has 0 radical (unpaired) electrons. The Morgan fingerprint density at radius 2 is 1.73 bits per heavy atom. The molecule has 0 saturated heterocycles. The number of nitrogens with zero attached hydrogens (tertiary/aromatic N) is 3. The van der Waals surface area contributed by atoms with Gasteiger partial charge in [0.2, 0.25) is 5.89 Å². The highest BCUT2D eigenvalue weighted by Crippen LogP contribution is 2.38. The van der Waals surface area contributed by atoms with Crippen molar-refractivity contribution in [3.8, 4) is 17.2 Å². The Hall–Kier alpha value is -4.78. The number of hydrogen-bond donors (Lipinski definition) is 0. The van der Waals surface area contributed by atoms with Gasteiger partial charge in [-0.05, 0) is 65.9 Å². The molecule has 7 nitrogen and oxygen atoms in total. The van der Waals surface area contributed by atoms with Crippen molar-refractivity contribution in [2.75, 3.05) is 7.11 Å². The highest BCUT2D eigenvalue weighted by atomic mass is 16.5. The Bertz CT molecular complexity index is 1620. The molecular formula is C30H23N3O4. The minimum Gasteiger partial charge on any atom is -0.497 e. The molecule has 0 unspecified atom stereocenters. The van der Waals surface area contributed by atoms with Crippen LogP contribution in [0.25, 0.3) is 34.0 Å². The van der Waals surface area contributed by atoms with E-state index in [-0.39, 0.29) is 12.5 Å². The SMILES string of the molecule is COc1ccc(/C=C2\CCc3c2nc2ccccc2c3C(=O)OCc2nnc(-c3ccccc3)o2)cc1. The van der Waals surface area contributed by atoms with Crippen LogP contribution in [0.1, 0.15) is 39.5 Å². The Morgan fingerprint density at radius 1 is 0.946 bits per heavy atom. The van der Waals surface area contributed by atoms with Crippen molar-refractivity contribution in [1.29, 1.82) is 0 Å². The summed E-state index contributed by atoms with van der Waals surface area (Å²) in [6.07, 6.45) is 3.61. The van der Waals surface area contributed by atoms with E-state index in [0.717, 1.165) is 51.0 Å². The van der Waals surface area contributed by atoms with E-state index in [4.69, 9.17) is 18.9 Å². The average Bonchev–Trinajstić information content (AvgIpc) is 3.59. The number of hydrogen-bond acceptors (Lipinski definition) is 7. The van der Waals surface area contributed by atoms with Crippen LogP contribution in [-0.4, -0.2) is 28.3 Å². The van der Waals surface area contributed by atoms with Crippen LogP contribution < -0.4 is 4.74 Å². The van der Waals surface area contributed by atoms with Crippen molar-refractivity contribution >= 4 is 28.5 Å². The monoisotopic (exact) mass is 489 g/mol. The van der Waals surface area contributed by atoms with E-state index in [9.17, 15) is 4.79 Å². The number of allylic oxidation sites excluding steroid dienone is 1. The molecule has 2 aromatic heterocycles. The van der Waals surface area contributed by atoms with Crippen LogP contribution in [-0.2, 0) is 17.8 Å². The van der Waals surface area contributed by atoms with Gasteiger partial charge in [-0.25, -0.2) is 9.78 Å². The van der Waals surface area contributed by atoms with Crippen molar-refractivity contribution in [3.63, 3.8) is 0 Å². The fourth-order valence-corrected chi connectivity index (χ4v) is 4.62. The van der Waals surface area contributed by atoms with Gasteiger partial charge in [0.15, 0.2) is 6.61 Å². The van der Waals surface area contributed by atoms with Gasteiger partial charge in [-0.15, -0.1) is 10.2 Å². The van der Waals surface area contributed by atoms with E-state index in [1.165, 1.54) is 0 Å². The largest absolute Gasteiger partial charge is 0.497 e.